The zero-order valence-corrected chi connectivity index (χ0v) is 14.0. The number of hydrogen-bond donors (Lipinski definition) is 1. The number of rotatable bonds is 8. The Labute approximate surface area is 132 Å². The van der Waals surface area contributed by atoms with E-state index in [4.69, 9.17) is 4.74 Å². The van der Waals surface area contributed by atoms with Crippen molar-refractivity contribution in [2.24, 2.45) is 0 Å². The predicted molar refractivity (Wildman–Crippen MR) is 91.4 cm³/mol. The normalized spacial score (nSPS) is 12.3. The molecule has 1 aromatic carbocycles. The van der Waals surface area contributed by atoms with E-state index in [2.05, 4.69) is 56.4 Å². The first-order valence-electron chi connectivity index (χ1n) is 7.77. The lowest BCUT2D eigenvalue weighted by Gasteiger charge is -2.18. The number of thiophene rings is 1. The highest BCUT2D eigenvalue weighted by Crippen LogP contribution is 2.30. The van der Waals surface area contributed by atoms with Crippen LogP contribution in [0.3, 0.4) is 0 Å². The van der Waals surface area contributed by atoms with Gasteiger partial charge < -0.3 is 10.1 Å². The molecule has 2 aromatic rings. The van der Waals surface area contributed by atoms with Gasteiger partial charge in [-0.1, -0.05) is 26.0 Å². The fourth-order valence-electron chi connectivity index (χ4n) is 2.28. The second-order valence-electron chi connectivity index (χ2n) is 5.26. The van der Waals surface area contributed by atoms with Gasteiger partial charge in [0.05, 0.1) is 12.6 Å². The van der Waals surface area contributed by atoms with Gasteiger partial charge >= 0.3 is 0 Å². The van der Waals surface area contributed by atoms with Gasteiger partial charge in [-0.3, -0.25) is 0 Å². The molecule has 0 saturated carbocycles. The fraction of sp³-hybridized carbons (Fsp3) is 0.444. The van der Waals surface area contributed by atoms with Crippen molar-refractivity contribution in [3.8, 4) is 5.75 Å². The zero-order chi connectivity index (χ0) is 15.1. The average Bonchev–Trinajstić information content (AvgIpc) is 2.92. The van der Waals surface area contributed by atoms with Crippen molar-refractivity contribution in [3.05, 3.63) is 51.7 Å². The van der Waals surface area contributed by atoms with Gasteiger partial charge in [-0.15, -0.1) is 11.3 Å². The number of aryl methyl sites for hydroxylation is 1. The number of ether oxygens (including phenoxy) is 1. The molecule has 3 heteroatoms. The van der Waals surface area contributed by atoms with Crippen molar-refractivity contribution < 1.29 is 4.74 Å². The monoisotopic (exact) mass is 303 g/mol. The molecule has 0 saturated heterocycles. The molecule has 0 bridgehead atoms. The number of benzene rings is 1. The maximum atomic E-state index is 5.77. The third-order valence-corrected chi connectivity index (χ3v) is 4.37. The van der Waals surface area contributed by atoms with Gasteiger partial charge in [-0.25, -0.2) is 0 Å². The number of hydrogen-bond acceptors (Lipinski definition) is 3. The van der Waals surface area contributed by atoms with Crippen molar-refractivity contribution in [2.45, 2.75) is 39.7 Å². The molecule has 0 fully saturated rings. The first kappa shape index (κ1) is 16.1. The summed E-state index contributed by atoms with van der Waals surface area (Å²) in [5, 5.41) is 3.65. The smallest absolute Gasteiger partial charge is 0.119 e. The fourth-order valence-corrected chi connectivity index (χ4v) is 3.26. The van der Waals surface area contributed by atoms with Crippen LogP contribution in [0.25, 0.3) is 0 Å². The Balaban J connectivity index is 2.23. The summed E-state index contributed by atoms with van der Waals surface area (Å²) in [5.74, 6) is 0.964. The molecule has 2 nitrogen and oxygen atoms in total. The molecule has 114 valence electrons. The van der Waals surface area contributed by atoms with Crippen molar-refractivity contribution in [1.82, 2.24) is 5.32 Å². The first-order valence-corrected chi connectivity index (χ1v) is 8.58. The molecule has 1 unspecified atom stereocenters. The van der Waals surface area contributed by atoms with E-state index in [1.54, 1.807) is 0 Å². The van der Waals surface area contributed by atoms with Gasteiger partial charge in [0.2, 0.25) is 0 Å². The summed E-state index contributed by atoms with van der Waals surface area (Å²) < 4.78 is 5.77. The lowest BCUT2D eigenvalue weighted by molar-refractivity contribution is 0.317. The van der Waals surface area contributed by atoms with Crippen LogP contribution in [0.2, 0.25) is 0 Å². The Kier molecular flexibility index (Phi) is 6.27. The summed E-state index contributed by atoms with van der Waals surface area (Å²) in [4.78, 5) is 2.72. The molecule has 0 spiro atoms. The Hall–Kier alpha value is -1.32. The summed E-state index contributed by atoms with van der Waals surface area (Å²) in [6.07, 6.45) is 2.17. The summed E-state index contributed by atoms with van der Waals surface area (Å²) in [6, 6.07) is 13.1. The molecule has 1 atom stereocenters. The van der Waals surface area contributed by atoms with E-state index in [0.717, 1.165) is 31.7 Å². The molecule has 1 aromatic heterocycles. The summed E-state index contributed by atoms with van der Waals surface area (Å²) in [7, 11) is 0. The van der Waals surface area contributed by atoms with Crippen LogP contribution in [0.4, 0.5) is 0 Å². The molecular weight excluding hydrogens is 278 g/mol. The Bertz CT molecular complexity index is 550. The molecule has 0 aliphatic heterocycles. The van der Waals surface area contributed by atoms with E-state index in [0.29, 0.717) is 0 Å². The largest absolute Gasteiger partial charge is 0.494 e. The van der Waals surface area contributed by atoms with Crippen molar-refractivity contribution in [3.63, 3.8) is 0 Å². The Morgan fingerprint density at radius 2 is 2.00 bits per heavy atom. The van der Waals surface area contributed by atoms with Gasteiger partial charge in [0, 0.05) is 9.75 Å². The summed E-state index contributed by atoms with van der Waals surface area (Å²) in [6.45, 7) is 8.27. The van der Waals surface area contributed by atoms with E-state index in [9.17, 15) is 0 Å². The second kappa shape index (κ2) is 8.20. The van der Waals surface area contributed by atoms with Crippen molar-refractivity contribution >= 4 is 11.3 Å². The van der Waals surface area contributed by atoms with Crippen molar-refractivity contribution in [1.29, 1.82) is 0 Å². The predicted octanol–water partition coefficient (Wildman–Crippen LogP) is 4.93. The molecule has 2 rings (SSSR count). The van der Waals surface area contributed by atoms with Crippen LogP contribution in [-0.2, 0) is 0 Å². The third kappa shape index (κ3) is 4.58. The quantitative estimate of drug-likeness (QED) is 0.746. The second-order valence-corrected chi connectivity index (χ2v) is 6.58. The molecule has 0 amide bonds. The summed E-state index contributed by atoms with van der Waals surface area (Å²) >= 11 is 1.86. The molecule has 0 aliphatic rings. The van der Waals surface area contributed by atoms with Crippen LogP contribution >= 0.6 is 11.3 Å². The standard InChI is InChI=1S/C18H25NOS/c1-4-11-19-18(17-10-9-14(3)21-17)15-7-6-8-16(13-15)20-12-5-2/h6-10,13,18-19H,4-5,11-12H2,1-3H3. The first-order chi connectivity index (χ1) is 10.2. The molecule has 0 radical (unpaired) electrons. The van der Waals surface area contributed by atoms with Crippen LogP contribution in [0.15, 0.2) is 36.4 Å². The van der Waals surface area contributed by atoms with Crippen molar-refractivity contribution in [2.75, 3.05) is 13.2 Å². The minimum Gasteiger partial charge on any atom is -0.494 e. The van der Waals surface area contributed by atoms with Gasteiger partial charge in [-0.2, -0.15) is 0 Å². The van der Waals surface area contributed by atoms with Gasteiger partial charge in [0.15, 0.2) is 0 Å². The van der Waals surface area contributed by atoms with Crippen LogP contribution < -0.4 is 10.1 Å². The highest BCUT2D eigenvalue weighted by Gasteiger charge is 2.15. The van der Waals surface area contributed by atoms with E-state index in [-0.39, 0.29) is 6.04 Å². The van der Waals surface area contributed by atoms with E-state index in [1.165, 1.54) is 15.3 Å². The summed E-state index contributed by atoms with van der Waals surface area (Å²) in [5.41, 5.74) is 1.28. The topological polar surface area (TPSA) is 21.3 Å². The molecular formula is C18H25NOS. The number of nitrogens with one attached hydrogen (secondary N) is 1. The molecule has 1 heterocycles. The minimum atomic E-state index is 0.258. The van der Waals surface area contributed by atoms with Crippen LogP contribution in [0, 0.1) is 6.92 Å². The maximum Gasteiger partial charge on any atom is 0.119 e. The van der Waals surface area contributed by atoms with Gasteiger partial charge in [0.25, 0.3) is 0 Å². The average molecular weight is 303 g/mol. The highest BCUT2D eigenvalue weighted by atomic mass is 32.1. The van der Waals surface area contributed by atoms with Crippen LogP contribution in [0.1, 0.15) is 48.0 Å². The van der Waals surface area contributed by atoms with Crippen LogP contribution in [-0.4, -0.2) is 13.2 Å². The minimum absolute atomic E-state index is 0.258. The van der Waals surface area contributed by atoms with Crippen LogP contribution in [0.5, 0.6) is 5.75 Å². The van der Waals surface area contributed by atoms with E-state index in [1.807, 2.05) is 17.4 Å². The lowest BCUT2D eigenvalue weighted by atomic mass is 10.0. The Morgan fingerprint density at radius 3 is 2.67 bits per heavy atom. The van der Waals surface area contributed by atoms with E-state index < -0.39 is 0 Å². The molecule has 0 aliphatic carbocycles. The molecule has 1 N–H and O–H groups in total. The van der Waals surface area contributed by atoms with E-state index >= 15 is 0 Å². The third-order valence-electron chi connectivity index (χ3n) is 3.31. The SMILES string of the molecule is CCCNC(c1cccc(OCCC)c1)c1ccc(C)s1. The van der Waals surface area contributed by atoms with Gasteiger partial charge in [0.1, 0.15) is 5.75 Å². The van der Waals surface area contributed by atoms with Gasteiger partial charge in [-0.05, 0) is 56.1 Å². The maximum absolute atomic E-state index is 5.77. The zero-order valence-electron chi connectivity index (χ0n) is 13.2. The lowest BCUT2D eigenvalue weighted by Crippen LogP contribution is -2.22. The highest BCUT2D eigenvalue weighted by molar-refractivity contribution is 7.12. The Morgan fingerprint density at radius 1 is 1.14 bits per heavy atom. The molecule has 21 heavy (non-hydrogen) atoms.